The van der Waals surface area contributed by atoms with Crippen LogP contribution in [0.1, 0.15) is 27.6 Å². The van der Waals surface area contributed by atoms with Crippen LogP contribution in [0.3, 0.4) is 0 Å². The quantitative estimate of drug-likeness (QED) is 0.540. The molecule has 0 atom stereocenters. The monoisotopic (exact) mass is 411 g/mol. The fraction of sp³-hybridized carbons (Fsp3) is 0.217. The van der Waals surface area contributed by atoms with Gasteiger partial charge in [-0.3, -0.25) is 9.48 Å². The van der Waals surface area contributed by atoms with E-state index >= 15 is 0 Å². The number of carbonyl (C=O) groups excluding carboxylic acids is 1. The van der Waals surface area contributed by atoms with E-state index in [-0.39, 0.29) is 5.91 Å². The molecule has 8 nitrogen and oxygen atoms in total. The Hall–Kier alpha value is -3.96. The van der Waals surface area contributed by atoms with Crippen molar-refractivity contribution in [2.75, 3.05) is 11.9 Å². The zero-order valence-electron chi connectivity index (χ0n) is 17.3. The SMILES string of the molecule is Cn1c(C(=O)Nc2cccc(-c3cccc4c3cnn4C)c2C#N)nc2c1CCNC2. The lowest BCUT2D eigenvalue weighted by Gasteiger charge is -2.13. The second-order valence-electron chi connectivity index (χ2n) is 7.62. The minimum Gasteiger partial charge on any atom is -0.327 e. The molecule has 154 valence electrons. The van der Waals surface area contributed by atoms with Crippen LogP contribution in [0.4, 0.5) is 5.69 Å². The number of nitriles is 1. The van der Waals surface area contributed by atoms with Gasteiger partial charge in [0.1, 0.15) is 6.07 Å². The number of anilines is 1. The molecule has 3 heterocycles. The highest BCUT2D eigenvalue weighted by molar-refractivity contribution is 6.04. The van der Waals surface area contributed by atoms with E-state index in [1.807, 2.05) is 49.0 Å². The molecule has 0 unspecified atom stereocenters. The molecule has 2 aromatic heterocycles. The van der Waals surface area contributed by atoms with Gasteiger partial charge in [0, 0.05) is 50.2 Å². The Kier molecular flexibility index (Phi) is 4.53. The number of hydrogen-bond donors (Lipinski definition) is 2. The van der Waals surface area contributed by atoms with E-state index in [9.17, 15) is 10.1 Å². The predicted molar refractivity (Wildman–Crippen MR) is 117 cm³/mol. The number of carbonyl (C=O) groups is 1. The predicted octanol–water partition coefficient (Wildman–Crippen LogP) is 2.74. The smallest absolute Gasteiger partial charge is 0.291 e. The van der Waals surface area contributed by atoms with E-state index < -0.39 is 0 Å². The highest BCUT2D eigenvalue weighted by atomic mass is 16.2. The largest absolute Gasteiger partial charge is 0.327 e. The first kappa shape index (κ1) is 19.0. The molecule has 2 aromatic carbocycles. The van der Waals surface area contributed by atoms with Gasteiger partial charge in [0.2, 0.25) is 0 Å². The lowest BCUT2D eigenvalue weighted by Crippen LogP contribution is -2.24. The van der Waals surface area contributed by atoms with Gasteiger partial charge in [-0.05, 0) is 17.7 Å². The number of rotatable bonds is 3. The summed E-state index contributed by atoms with van der Waals surface area (Å²) in [5.74, 6) is 0.0162. The maximum atomic E-state index is 13.0. The Morgan fingerprint density at radius 1 is 1.19 bits per heavy atom. The number of aryl methyl sites for hydroxylation is 1. The molecule has 31 heavy (non-hydrogen) atoms. The molecular formula is C23H21N7O. The van der Waals surface area contributed by atoms with Crippen molar-refractivity contribution in [2.24, 2.45) is 14.1 Å². The Balaban J connectivity index is 1.55. The summed E-state index contributed by atoms with van der Waals surface area (Å²) in [5.41, 5.74) is 5.47. The lowest BCUT2D eigenvalue weighted by atomic mass is 9.96. The molecule has 1 aliphatic rings. The average Bonchev–Trinajstić information content (AvgIpc) is 3.34. The summed E-state index contributed by atoms with van der Waals surface area (Å²) in [7, 11) is 3.74. The number of nitrogens with zero attached hydrogens (tertiary/aromatic N) is 5. The number of benzene rings is 2. The summed E-state index contributed by atoms with van der Waals surface area (Å²) in [6.45, 7) is 1.53. The van der Waals surface area contributed by atoms with Crippen LogP contribution >= 0.6 is 0 Å². The topological polar surface area (TPSA) is 101 Å². The van der Waals surface area contributed by atoms with E-state index in [1.54, 1.807) is 16.9 Å². The van der Waals surface area contributed by atoms with Crippen molar-refractivity contribution in [2.45, 2.75) is 13.0 Å². The first-order valence-corrected chi connectivity index (χ1v) is 10.1. The van der Waals surface area contributed by atoms with Crippen molar-refractivity contribution in [3.05, 3.63) is 65.4 Å². The van der Waals surface area contributed by atoms with Crippen LogP contribution in [0.15, 0.2) is 42.6 Å². The van der Waals surface area contributed by atoms with Gasteiger partial charge in [0.25, 0.3) is 5.91 Å². The van der Waals surface area contributed by atoms with Gasteiger partial charge in [0.05, 0.1) is 28.7 Å². The fourth-order valence-corrected chi connectivity index (χ4v) is 4.25. The van der Waals surface area contributed by atoms with Crippen LogP contribution in [0.5, 0.6) is 0 Å². The maximum absolute atomic E-state index is 13.0. The van der Waals surface area contributed by atoms with Crippen molar-refractivity contribution in [3.63, 3.8) is 0 Å². The molecule has 0 radical (unpaired) electrons. The zero-order chi connectivity index (χ0) is 21.5. The van der Waals surface area contributed by atoms with Crippen LogP contribution in [-0.4, -0.2) is 31.8 Å². The van der Waals surface area contributed by atoms with Crippen molar-refractivity contribution in [1.29, 1.82) is 5.26 Å². The molecule has 0 spiro atoms. The number of hydrogen-bond acceptors (Lipinski definition) is 5. The van der Waals surface area contributed by atoms with Crippen molar-refractivity contribution >= 4 is 22.5 Å². The zero-order valence-corrected chi connectivity index (χ0v) is 17.3. The molecule has 5 rings (SSSR count). The maximum Gasteiger partial charge on any atom is 0.291 e. The molecule has 0 saturated carbocycles. The summed E-state index contributed by atoms with van der Waals surface area (Å²) in [5, 5.41) is 21.4. The summed E-state index contributed by atoms with van der Waals surface area (Å²) < 4.78 is 3.64. The van der Waals surface area contributed by atoms with Gasteiger partial charge < -0.3 is 15.2 Å². The summed E-state index contributed by atoms with van der Waals surface area (Å²) in [4.78, 5) is 17.6. The summed E-state index contributed by atoms with van der Waals surface area (Å²) >= 11 is 0. The van der Waals surface area contributed by atoms with E-state index in [1.165, 1.54) is 0 Å². The minimum absolute atomic E-state index is 0.329. The van der Waals surface area contributed by atoms with Gasteiger partial charge in [-0.1, -0.05) is 24.3 Å². The Bertz CT molecular complexity index is 1370. The molecule has 0 saturated heterocycles. The summed E-state index contributed by atoms with van der Waals surface area (Å²) in [6, 6.07) is 13.6. The Labute approximate surface area is 179 Å². The highest BCUT2D eigenvalue weighted by Crippen LogP contribution is 2.34. The lowest BCUT2D eigenvalue weighted by molar-refractivity contribution is 0.101. The Morgan fingerprint density at radius 3 is 2.81 bits per heavy atom. The molecule has 0 aliphatic carbocycles. The second-order valence-corrected chi connectivity index (χ2v) is 7.62. The fourth-order valence-electron chi connectivity index (χ4n) is 4.25. The van der Waals surface area contributed by atoms with Crippen molar-refractivity contribution in [1.82, 2.24) is 24.6 Å². The van der Waals surface area contributed by atoms with Crippen LogP contribution in [-0.2, 0) is 27.1 Å². The molecule has 8 heteroatoms. The number of fused-ring (bicyclic) bond motifs is 2. The van der Waals surface area contributed by atoms with E-state index in [0.29, 0.717) is 23.6 Å². The number of aromatic nitrogens is 4. The number of nitrogens with one attached hydrogen (secondary N) is 2. The van der Waals surface area contributed by atoms with Crippen LogP contribution in [0.2, 0.25) is 0 Å². The van der Waals surface area contributed by atoms with Crippen LogP contribution < -0.4 is 10.6 Å². The van der Waals surface area contributed by atoms with E-state index in [4.69, 9.17) is 0 Å². The molecule has 2 N–H and O–H groups in total. The third-order valence-corrected chi connectivity index (χ3v) is 5.84. The molecule has 4 aromatic rings. The van der Waals surface area contributed by atoms with Crippen LogP contribution in [0, 0.1) is 11.3 Å². The second kappa shape index (κ2) is 7.38. The van der Waals surface area contributed by atoms with Crippen molar-refractivity contribution in [3.8, 4) is 17.2 Å². The van der Waals surface area contributed by atoms with Gasteiger partial charge in [-0.2, -0.15) is 10.4 Å². The van der Waals surface area contributed by atoms with Gasteiger partial charge in [-0.25, -0.2) is 4.98 Å². The van der Waals surface area contributed by atoms with Gasteiger partial charge in [-0.15, -0.1) is 0 Å². The third kappa shape index (κ3) is 3.07. The minimum atomic E-state index is -0.329. The molecule has 1 aliphatic heterocycles. The molecular weight excluding hydrogens is 390 g/mol. The molecule has 0 bridgehead atoms. The van der Waals surface area contributed by atoms with Crippen molar-refractivity contribution < 1.29 is 4.79 Å². The number of amides is 1. The molecule has 0 fully saturated rings. The van der Waals surface area contributed by atoms with Gasteiger partial charge in [0.15, 0.2) is 5.82 Å². The van der Waals surface area contributed by atoms with Gasteiger partial charge >= 0.3 is 0 Å². The van der Waals surface area contributed by atoms with Crippen LogP contribution in [0.25, 0.3) is 22.0 Å². The molecule has 1 amide bonds. The summed E-state index contributed by atoms with van der Waals surface area (Å²) in [6.07, 6.45) is 2.63. The van der Waals surface area contributed by atoms with E-state index in [0.717, 1.165) is 46.4 Å². The normalized spacial score (nSPS) is 13.1. The standard InChI is InChI=1S/C23H21N7O/c1-29-21-9-10-25-13-19(21)27-22(29)23(31)28-18-7-3-5-14(16(18)11-24)15-6-4-8-20-17(15)12-26-30(20)2/h3-8,12,25H,9-10,13H2,1-2H3,(H,28,31). The van der Waals surface area contributed by atoms with E-state index in [2.05, 4.69) is 26.8 Å². The average molecular weight is 411 g/mol. The third-order valence-electron chi connectivity index (χ3n) is 5.84. The number of imidazole rings is 1. The first-order valence-electron chi connectivity index (χ1n) is 10.1. The highest BCUT2D eigenvalue weighted by Gasteiger charge is 2.23. The Morgan fingerprint density at radius 2 is 2.00 bits per heavy atom. The first-order chi connectivity index (χ1) is 15.1.